The highest BCUT2D eigenvalue weighted by Crippen LogP contribution is 2.25. The number of aromatic nitrogens is 1. The lowest BCUT2D eigenvalue weighted by Gasteiger charge is -2.10. The van der Waals surface area contributed by atoms with Gasteiger partial charge in [-0.3, -0.25) is 4.79 Å². The molecule has 0 aliphatic carbocycles. The van der Waals surface area contributed by atoms with E-state index in [0.29, 0.717) is 5.69 Å². The minimum absolute atomic E-state index is 0.130. The van der Waals surface area contributed by atoms with Crippen molar-refractivity contribution < 1.29 is 22.7 Å². The first kappa shape index (κ1) is 19.4. The van der Waals surface area contributed by atoms with E-state index in [4.69, 9.17) is 0 Å². The van der Waals surface area contributed by atoms with Crippen LogP contribution in [-0.4, -0.2) is 23.7 Å². The van der Waals surface area contributed by atoms with E-state index in [1.807, 2.05) is 22.2 Å². The van der Waals surface area contributed by atoms with Crippen LogP contribution in [0.3, 0.4) is 0 Å². The fourth-order valence-corrected chi connectivity index (χ4v) is 3.74. The number of amides is 1. The Morgan fingerprint density at radius 1 is 1.15 bits per heavy atom. The molecule has 4 nitrogen and oxygen atoms in total. The van der Waals surface area contributed by atoms with Gasteiger partial charge in [-0.05, 0) is 29.1 Å². The van der Waals surface area contributed by atoms with Crippen molar-refractivity contribution in [3.8, 4) is 16.3 Å². The second-order valence-electron chi connectivity index (χ2n) is 5.66. The van der Waals surface area contributed by atoms with Gasteiger partial charge >= 0.3 is 6.18 Å². The molecule has 0 aliphatic rings. The Bertz CT molecular complexity index is 875. The van der Waals surface area contributed by atoms with Crippen LogP contribution in [0.25, 0.3) is 10.6 Å². The van der Waals surface area contributed by atoms with Crippen LogP contribution in [-0.2, 0) is 17.8 Å². The van der Waals surface area contributed by atoms with Crippen molar-refractivity contribution in [3.63, 3.8) is 0 Å². The molecule has 0 radical (unpaired) electrons. The Morgan fingerprint density at radius 3 is 2.59 bits per heavy atom. The lowest BCUT2D eigenvalue weighted by atomic mass is 10.2. The number of ether oxygens (including phenoxy) is 1. The number of carbonyl (C=O) groups excluding carboxylic acids is 1. The summed E-state index contributed by atoms with van der Waals surface area (Å²) in [5, 5.41) is 9.50. The van der Waals surface area contributed by atoms with Crippen LogP contribution >= 0.6 is 22.7 Å². The summed E-state index contributed by atoms with van der Waals surface area (Å²) in [7, 11) is 0. The summed E-state index contributed by atoms with van der Waals surface area (Å²) < 4.78 is 41.0. The topological polar surface area (TPSA) is 51.2 Å². The average molecular weight is 412 g/mol. The van der Waals surface area contributed by atoms with Gasteiger partial charge in [0.15, 0.2) is 6.61 Å². The van der Waals surface area contributed by atoms with Gasteiger partial charge < -0.3 is 10.1 Å². The molecule has 0 bridgehead atoms. The van der Waals surface area contributed by atoms with Crippen molar-refractivity contribution in [2.24, 2.45) is 0 Å². The number of alkyl halides is 3. The SMILES string of the molecule is O=C(Cc1csc(-c2ccsc2)n1)NCc1ccc(OCC(F)(F)F)cc1. The smallest absolute Gasteiger partial charge is 0.422 e. The van der Waals surface area contributed by atoms with Gasteiger partial charge in [0, 0.05) is 22.9 Å². The predicted octanol–water partition coefficient (Wildman–Crippen LogP) is 4.67. The summed E-state index contributed by atoms with van der Waals surface area (Å²) in [6.45, 7) is -1.05. The normalized spacial score (nSPS) is 11.4. The summed E-state index contributed by atoms with van der Waals surface area (Å²) in [6, 6.07) is 8.10. The van der Waals surface area contributed by atoms with Crippen LogP contribution in [0, 0.1) is 0 Å². The van der Waals surface area contributed by atoms with E-state index in [1.165, 1.54) is 23.5 Å². The quantitative estimate of drug-likeness (QED) is 0.614. The maximum atomic E-state index is 12.1. The molecule has 9 heteroatoms. The van der Waals surface area contributed by atoms with Crippen LogP contribution < -0.4 is 10.1 Å². The number of thiazole rings is 1. The molecule has 0 spiro atoms. The van der Waals surface area contributed by atoms with Gasteiger partial charge in [-0.2, -0.15) is 24.5 Å². The maximum absolute atomic E-state index is 12.1. The zero-order chi connectivity index (χ0) is 19.3. The molecular formula is C18H15F3N2O2S2. The zero-order valence-corrected chi connectivity index (χ0v) is 15.6. The summed E-state index contributed by atoms with van der Waals surface area (Å²) in [4.78, 5) is 16.5. The Hall–Kier alpha value is -2.39. The summed E-state index contributed by atoms with van der Waals surface area (Å²) >= 11 is 3.08. The van der Waals surface area contributed by atoms with Gasteiger partial charge in [0.2, 0.25) is 5.91 Å². The zero-order valence-electron chi connectivity index (χ0n) is 14.0. The minimum atomic E-state index is -4.37. The fourth-order valence-electron chi connectivity index (χ4n) is 2.20. The number of nitrogens with zero attached hydrogens (tertiary/aromatic N) is 1. The first-order chi connectivity index (χ1) is 12.9. The average Bonchev–Trinajstić information content (AvgIpc) is 3.30. The Morgan fingerprint density at radius 2 is 1.93 bits per heavy atom. The predicted molar refractivity (Wildman–Crippen MR) is 99.0 cm³/mol. The van der Waals surface area contributed by atoms with Crippen LogP contribution in [0.15, 0.2) is 46.5 Å². The second kappa shape index (κ2) is 8.53. The molecule has 3 rings (SSSR count). The summed E-state index contributed by atoms with van der Waals surface area (Å²) in [5.41, 5.74) is 2.51. The number of benzene rings is 1. The first-order valence-electron chi connectivity index (χ1n) is 7.91. The monoisotopic (exact) mass is 412 g/mol. The molecule has 1 N–H and O–H groups in total. The Labute approximate surface area is 161 Å². The molecule has 0 fully saturated rings. The number of thiophene rings is 1. The van der Waals surface area contributed by atoms with Gasteiger partial charge in [-0.25, -0.2) is 4.98 Å². The van der Waals surface area contributed by atoms with E-state index in [9.17, 15) is 18.0 Å². The fraction of sp³-hybridized carbons (Fsp3) is 0.222. The number of carbonyl (C=O) groups is 1. The molecule has 0 unspecified atom stereocenters. The number of nitrogens with one attached hydrogen (secondary N) is 1. The van der Waals surface area contributed by atoms with Gasteiger partial charge in [0.05, 0.1) is 12.1 Å². The highest BCUT2D eigenvalue weighted by Gasteiger charge is 2.28. The van der Waals surface area contributed by atoms with Crippen LogP contribution in [0.5, 0.6) is 5.75 Å². The van der Waals surface area contributed by atoms with Crippen LogP contribution in [0.2, 0.25) is 0 Å². The van der Waals surface area contributed by atoms with E-state index in [0.717, 1.165) is 16.1 Å². The lowest BCUT2D eigenvalue weighted by molar-refractivity contribution is -0.153. The molecule has 142 valence electrons. The lowest BCUT2D eigenvalue weighted by Crippen LogP contribution is -2.24. The van der Waals surface area contributed by atoms with Crippen molar-refractivity contribution in [2.45, 2.75) is 19.1 Å². The van der Waals surface area contributed by atoms with E-state index in [-0.39, 0.29) is 24.6 Å². The highest BCUT2D eigenvalue weighted by atomic mass is 32.1. The third-order valence-corrected chi connectivity index (χ3v) is 5.10. The molecule has 1 aromatic carbocycles. The van der Waals surface area contributed by atoms with E-state index >= 15 is 0 Å². The number of rotatable bonds is 7. The molecule has 0 saturated heterocycles. The van der Waals surface area contributed by atoms with Crippen molar-refractivity contribution in [3.05, 3.63) is 57.7 Å². The number of hydrogen-bond donors (Lipinski definition) is 1. The molecule has 1 amide bonds. The van der Waals surface area contributed by atoms with Crippen molar-refractivity contribution >= 4 is 28.6 Å². The van der Waals surface area contributed by atoms with Crippen molar-refractivity contribution in [1.82, 2.24) is 10.3 Å². The molecule has 0 aliphatic heterocycles. The third kappa shape index (κ3) is 6.07. The third-order valence-electron chi connectivity index (χ3n) is 3.48. The van der Waals surface area contributed by atoms with E-state index < -0.39 is 12.8 Å². The molecule has 0 atom stereocenters. The first-order valence-corrected chi connectivity index (χ1v) is 9.73. The van der Waals surface area contributed by atoms with E-state index in [2.05, 4.69) is 15.0 Å². The standard InChI is InChI=1S/C18H15F3N2O2S2/c19-18(20,21)11-25-15-3-1-12(2-4-15)8-22-16(24)7-14-10-27-17(23-14)13-5-6-26-9-13/h1-6,9-10H,7-8,11H2,(H,22,24). The summed E-state index contributed by atoms with van der Waals surface area (Å²) in [6.07, 6.45) is -4.20. The van der Waals surface area contributed by atoms with Crippen molar-refractivity contribution in [2.75, 3.05) is 6.61 Å². The second-order valence-corrected chi connectivity index (χ2v) is 7.30. The Balaban J connectivity index is 1.46. The van der Waals surface area contributed by atoms with Gasteiger partial charge in [-0.1, -0.05) is 12.1 Å². The number of hydrogen-bond acceptors (Lipinski definition) is 5. The summed E-state index contributed by atoms with van der Waals surface area (Å²) in [5.74, 6) is -0.0413. The van der Waals surface area contributed by atoms with Crippen LogP contribution in [0.4, 0.5) is 13.2 Å². The van der Waals surface area contributed by atoms with Crippen LogP contribution in [0.1, 0.15) is 11.3 Å². The largest absolute Gasteiger partial charge is 0.484 e. The molecule has 27 heavy (non-hydrogen) atoms. The highest BCUT2D eigenvalue weighted by molar-refractivity contribution is 7.14. The van der Waals surface area contributed by atoms with Gasteiger partial charge in [0.25, 0.3) is 0 Å². The minimum Gasteiger partial charge on any atom is -0.484 e. The molecule has 0 saturated carbocycles. The van der Waals surface area contributed by atoms with Gasteiger partial charge in [-0.15, -0.1) is 11.3 Å². The number of halogens is 3. The molecular weight excluding hydrogens is 397 g/mol. The maximum Gasteiger partial charge on any atom is 0.422 e. The molecule has 3 aromatic rings. The van der Waals surface area contributed by atoms with Crippen molar-refractivity contribution in [1.29, 1.82) is 0 Å². The van der Waals surface area contributed by atoms with Gasteiger partial charge in [0.1, 0.15) is 10.8 Å². The van der Waals surface area contributed by atoms with E-state index in [1.54, 1.807) is 23.5 Å². The molecule has 2 aromatic heterocycles. The molecule has 2 heterocycles. The Kier molecular flexibility index (Phi) is 6.12.